The fourth-order valence-corrected chi connectivity index (χ4v) is 4.02. The lowest BCUT2D eigenvalue weighted by molar-refractivity contribution is 0.206. The van der Waals surface area contributed by atoms with Gasteiger partial charge < -0.3 is 4.90 Å². The molecule has 0 aliphatic heterocycles. The zero-order valence-corrected chi connectivity index (χ0v) is 17.0. The van der Waals surface area contributed by atoms with Gasteiger partial charge in [0.25, 0.3) is 0 Å². The zero-order valence-electron chi connectivity index (χ0n) is 17.0. The van der Waals surface area contributed by atoms with Crippen LogP contribution in [0.25, 0.3) is 22.2 Å². The Hall–Kier alpha value is -3.33. The van der Waals surface area contributed by atoms with Gasteiger partial charge in [0.05, 0.1) is 11.2 Å². The molecule has 0 spiro atoms. The maximum absolute atomic E-state index is 13.6. The molecule has 0 N–H and O–H groups in total. The van der Waals surface area contributed by atoms with Gasteiger partial charge >= 0.3 is 6.03 Å². The maximum atomic E-state index is 13.6. The van der Waals surface area contributed by atoms with E-state index in [0.717, 1.165) is 28.6 Å². The van der Waals surface area contributed by atoms with Gasteiger partial charge in [-0.05, 0) is 36.6 Å². The van der Waals surface area contributed by atoms with Crippen molar-refractivity contribution in [2.24, 2.45) is 0 Å². The van der Waals surface area contributed by atoms with Crippen LogP contribution in [-0.4, -0.2) is 28.6 Å². The molecule has 0 bridgehead atoms. The van der Waals surface area contributed by atoms with E-state index in [-0.39, 0.29) is 6.03 Å². The van der Waals surface area contributed by atoms with Gasteiger partial charge in [0.1, 0.15) is 0 Å². The molecule has 3 heteroatoms. The molecule has 0 aliphatic rings. The van der Waals surface area contributed by atoms with Gasteiger partial charge in [-0.15, -0.1) is 0 Å². The highest BCUT2D eigenvalue weighted by Gasteiger charge is 2.24. The number of fused-ring (bicyclic) bond motifs is 1. The maximum Gasteiger partial charge on any atom is 0.329 e. The fraction of sp³-hybridized carbons (Fsp3) is 0.192. The number of hydrogen-bond donors (Lipinski definition) is 0. The van der Waals surface area contributed by atoms with E-state index in [0.29, 0.717) is 13.1 Å². The minimum Gasteiger partial charge on any atom is -0.325 e. The lowest BCUT2D eigenvalue weighted by Gasteiger charge is -2.21. The highest BCUT2D eigenvalue weighted by Crippen LogP contribution is 2.35. The molecule has 0 saturated heterocycles. The molecule has 0 unspecified atom stereocenters. The first-order chi connectivity index (χ1) is 14.2. The van der Waals surface area contributed by atoms with Crippen molar-refractivity contribution in [3.8, 4) is 11.3 Å². The van der Waals surface area contributed by atoms with Crippen molar-refractivity contribution in [1.29, 1.82) is 0 Å². The molecule has 0 fully saturated rings. The Labute approximate surface area is 172 Å². The quantitative estimate of drug-likeness (QED) is 0.403. The van der Waals surface area contributed by atoms with Gasteiger partial charge in [-0.3, -0.25) is 4.57 Å². The number of carbonyl (C=O) groups is 1. The van der Waals surface area contributed by atoms with E-state index in [1.807, 2.05) is 53.6 Å². The van der Waals surface area contributed by atoms with Crippen molar-refractivity contribution in [3.05, 3.63) is 96.1 Å². The van der Waals surface area contributed by atoms with Crippen LogP contribution in [0.15, 0.2) is 84.9 Å². The molecule has 29 heavy (non-hydrogen) atoms. The summed E-state index contributed by atoms with van der Waals surface area (Å²) in [6.45, 7) is 5.43. The Balaban J connectivity index is 2.02. The summed E-state index contributed by atoms with van der Waals surface area (Å²) in [5, 5.41) is 1.13. The van der Waals surface area contributed by atoms with Gasteiger partial charge in [-0.25, -0.2) is 4.79 Å². The van der Waals surface area contributed by atoms with Gasteiger partial charge in [-0.2, -0.15) is 0 Å². The van der Waals surface area contributed by atoms with E-state index < -0.39 is 0 Å². The number of carbonyl (C=O) groups excluding carboxylic acids is 1. The number of amides is 1. The van der Waals surface area contributed by atoms with Crippen LogP contribution in [0.5, 0.6) is 0 Å². The molecule has 0 radical (unpaired) electrons. The molecule has 4 rings (SSSR count). The zero-order chi connectivity index (χ0) is 20.2. The SMILES string of the molecule is CCN(CC)C(=O)n1c(-c2ccccc2)c(Cc2ccccc2)c2ccccc21. The topological polar surface area (TPSA) is 25.2 Å². The number of para-hydroxylation sites is 1. The third-order valence-corrected chi connectivity index (χ3v) is 5.48. The summed E-state index contributed by atoms with van der Waals surface area (Å²) < 4.78 is 1.91. The summed E-state index contributed by atoms with van der Waals surface area (Å²) in [6, 6.07) is 29.0. The van der Waals surface area contributed by atoms with Crippen LogP contribution >= 0.6 is 0 Å². The Kier molecular flexibility index (Phi) is 5.48. The van der Waals surface area contributed by atoms with Crippen LogP contribution < -0.4 is 0 Å². The van der Waals surface area contributed by atoms with Crippen LogP contribution in [0.1, 0.15) is 25.0 Å². The van der Waals surface area contributed by atoms with Crippen LogP contribution in [0.2, 0.25) is 0 Å². The number of benzene rings is 3. The lowest BCUT2D eigenvalue weighted by Crippen LogP contribution is -2.34. The summed E-state index contributed by atoms with van der Waals surface area (Å²) in [7, 11) is 0. The number of rotatable bonds is 5. The average molecular weight is 383 g/mol. The average Bonchev–Trinajstić information content (AvgIpc) is 3.10. The summed E-state index contributed by atoms with van der Waals surface area (Å²) in [5.41, 5.74) is 5.46. The molecule has 1 amide bonds. The highest BCUT2D eigenvalue weighted by atomic mass is 16.2. The van der Waals surface area contributed by atoms with E-state index in [1.54, 1.807) is 0 Å². The van der Waals surface area contributed by atoms with E-state index in [9.17, 15) is 4.79 Å². The van der Waals surface area contributed by atoms with Crippen molar-refractivity contribution in [1.82, 2.24) is 9.47 Å². The fourth-order valence-electron chi connectivity index (χ4n) is 4.02. The molecule has 3 nitrogen and oxygen atoms in total. The molecule has 1 heterocycles. The molecular weight excluding hydrogens is 356 g/mol. The Morgan fingerprint density at radius 3 is 2.03 bits per heavy atom. The van der Waals surface area contributed by atoms with E-state index in [4.69, 9.17) is 0 Å². The Morgan fingerprint density at radius 2 is 1.38 bits per heavy atom. The van der Waals surface area contributed by atoms with Crippen molar-refractivity contribution in [3.63, 3.8) is 0 Å². The van der Waals surface area contributed by atoms with Crippen molar-refractivity contribution < 1.29 is 4.79 Å². The number of nitrogens with zero attached hydrogens (tertiary/aromatic N) is 2. The predicted octanol–water partition coefficient (Wildman–Crippen LogP) is 6.21. The second kappa shape index (κ2) is 8.36. The first-order valence-corrected chi connectivity index (χ1v) is 10.3. The van der Waals surface area contributed by atoms with Gasteiger partial charge in [0, 0.05) is 24.9 Å². The van der Waals surface area contributed by atoms with Crippen molar-refractivity contribution in [2.45, 2.75) is 20.3 Å². The number of hydrogen-bond acceptors (Lipinski definition) is 1. The third kappa shape index (κ3) is 3.56. The van der Waals surface area contributed by atoms with Gasteiger partial charge in [-0.1, -0.05) is 78.9 Å². The summed E-state index contributed by atoms with van der Waals surface area (Å²) in [5.74, 6) is 0. The monoisotopic (exact) mass is 382 g/mol. The van der Waals surface area contributed by atoms with E-state index >= 15 is 0 Å². The highest BCUT2D eigenvalue weighted by molar-refractivity contribution is 6.01. The minimum absolute atomic E-state index is 0.0318. The van der Waals surface area contributed by atoms with Crippen LogP contribution in [0.4, 0.5) is 4.79 Å². The van der Waals surface area contributed by atoms with E-state index in [1.165, 1.54) is 11.1 Å². The normalized spacial score (nSPS) is 11.0. The predicted molar refractivity (Wildman–Crippen MR) is 120 cm³/mol. The molecule has 0 aliphatic carbocycles. The molecule has 3 aromatic carbocycles. The lowest BCUT2D eigenvalue weighted by atomic mass is 9.98. The van der Waals surface area contributed by atoms with Crippen LogP contribution in [0, 0.1) is 0 Å². The Bertz CT molecular complexity index is 1110. The standard InChI is InChI=1S/C26H26N2O/c1-3-27(4-2)26(29)28-24-18-12-11-17-22(24)23(19-20-13-7-5-8-14-20)25(28)21-15-9-6-10-16-21/h5-18H,3-4,19H2,1-2H3. The largest absolute Gasteiger partial charge is 0.329 e. The molecular formula is C26H26N2O. The smallest absolute Gasteiger partial charge is 0.325 e. The first-order valence-electron chi connectivity index (χ1n) is 10.3. The van der Waals surface area contributed by atoms with Gasteiger partial charge in [0.15, 0.2) is 0 Å². The summed E-state index contributed by atoms with van der Waals surface area (Å²) >= 11 is 0. The van der Waals surface area contributed by atoms with Crippen molar-refractivity contribution >= 4 is 16.9 Å². The Morgan fingerprint density at radius 1 is 0.793 bits per heavy atom. The minimum atomic E-state index is 0.0318. The summed E-state index contributed by atoms with van der Waals surface area (Å²) in [6.07, 6.45) is 0.782. The molecule has 4 aromatic rings. The first kappa shape index (κ1) is 19.0. The molecule has 0 saturated carbocycles. The van der Waals surface area contributed by atoms with E-state index in [2.05, 4.69) is 54.6 Å². The number of aromatic nitrogens is 1. The van der Waals surface area contributed by atoms with Crippen LogP contribution in [0.3, 0.4) is 0 Å². The third-order valence-electron chi connectivity index (χ3n) is 5.48. The molecule has 146 valence electrons. The second-order valence-electron chi connectivity index (χ2n) is 7.16. The second-order valence-corrected chi connectivity index (χ2v) is 7.16. The van der Waals surface area contributed by atoms with Crippen molar-refractivity contribution in [2.75, 3.05) is 13.1 Å². The summed E-state index contributed by atoms with van der Waals surface area (Å²) in [4.78, 5) is 15.4. The molecule has 1 aromatic heterocycles. The van der Waals surface area contributed by atoms with Gasteiger partial charge in [0.2, 0.25) is 0 Å². The molecule has 0 atom stereocenters. The van der Waals surface area contributed by atoms with Crippen LogP contribution in [-0.2, 0) is 6.42 Å².